The summed E-state index contributed by atoms with van der Waals surface area (Å²) in [5.74, 6) is 0. The van der Waals surface area contributed by atoms with E-state index in [9.17, 15) is 0 Å². The molecule has 4 nitrogen and oxygen atoms in total. The molecule has 16 heavy (non-hydrogen) atoms. The zero-order chi connectivity index (χ0) is 11.0. The molecule has 0 aliphatic carbocycles. The van der Waals surface area contributed by atoms with Gasteiger partial charge in [-0.2, -0.15) is 5.10 Å². The molecule has 0 bridgehead atoms. The SMILES string of the molecule is CNC[C@@H]1OCCn2nc3ccccc3c21. The van der Waals surface area contributed by atoms with Crippen LogP contribution in [0.4, 0.5) is 0 Å². The molecule has 0 unspecified atom stereocenters. The number of hydrogen-bond acceptors (Lipinski definition) is 3. The fourth-order valence-electron chi connectivity index (χ4n) is 2.31. The number of rotatable bonds is 2. The Kier molecular flexibility index (Phi) is 2.38. The van der Waals surface area contributed by atoms with Gasteiger partial charge in [0, 0.05) is 11.9 Å². The minimum absolute atomic E-state index is 0.117. The average molecular weight is 217 g/mol. The Hall–Kier alpha value is -1.39. The maximum absolute atomic E-state index is 5.79. The van der Waals surface area contributed by atoms with Gasteiger partial charge in [-0.1, -0.05) is 18.2 Å². The highest BCUT2D eigenvalue weighted by Crippen LogP contribution is 2.28. The third kappa shape index (κ3) is 1.42. The molecule has 0 radical (unpaired) electrons. The van der Waals surface area contributed by atoms with Crippen LogP contribution in [-0.2, 0) is 11.3 Å². The molecule has 2 aromatic rings. The van der Waals surface area contributed by atoms with Crippen LogP contribution in [0.2, 0.25) is 0 Å². The minimum Gasteiger partial charge on any atom is -0.369 e. The molecule has 1 aliphatic rings. The minimum atomic E-state index is 0.117. The monoisotopic (exact) mass is 217 g/mol. The van der Waals surface area contributed by atoms with Crippen molar-refractivity contribution in [3.8, 4) is 0 Å². The number of aromatic nitrogens is 2. The summed E-state index contributed by atoms with van der Waals surface area (Å²) in [5.41, 5.74) is 2.26. The van der Waals surface area contributed by atoms with Crippen molar-refractivity contribution in [3.63, 3.8) is 0 Å². The van der Waals surface area contributed by atoms with Gasteiger partial charge in [-0.15, -0.1) is 0 Å². The zero-order valence-electron chi connectivity index (χ0n) is 9.31. The second-order valence-corrected chi connectivity index (χ2v) is 4.04. The topological polar surface area (TPSA) is 39.1 Å². The molecule has 0 saturated heterocycles. The molecule has 1 atom stereocenters. The van der Waals surface area contributed by atoms with Gasteiger partial charge < -0.3 is 10.1 Å². The first kappa shape index (κ1) is 9.81. The predicted molar refractivity (Wildman–Crippen MR) is 62.4 cm³/mol. The van der Waals surface area contributed by atoms with E-state index in [4.69, 9.17) is 4.74 Å². The standard InChI is InChI=1S/C12H15N3O/c1-13-8-11-12-9-4-2-3-5-10(9)14-15(12)6-7-16-11/h2-5,11,13H,6-8H2,1H3/t11-/m0/s1. The van der Waals surface area contributed by atoms with E-state index in [0.717, 1.165) is 25.2 Å². The van der Waals surface area contributed by atoms with Gasteiger partial charge in [0.1, 0.15) is 6.10 Å². The number of nitrogens with one attached hydrogen (secondary N) is 1. The second-order valence-electron chi connectivity index (χ2n) is 4.04. The number of nitrogens with zero attached hydrogens (tertiary/aromatic N) is 2. The van der Waals surface area contributed by atoms with Crippen molar-refractivity contribution in [1.82, 2.24) is 15.1 Å². The lowest BCUT2D eigenvalue weighted by Gasteiger charge is -2.24. The first-order valence-corrected chi connectivity index (χ1v) is 5.62. The molecule has 0 fully saturated rings. The summed E-state index contributed by atoms with van der Waals surface area (Å²) in [5, 5.41) is 8.97. The zero-order valence-corrected chi connectivity index (χ0v) is 9.31. The van der Waals surface area contributed by atoms with E-state index in [1.54, 1.807) is 0 Å². The molecule has 1 aliphatic heterocycles. The van der Waals surface area contributed by atoms with E-state index in [-0.39, 0.29) is 6.10 Å². The molecule has 0 amide bonds. The first-order chi connectivity index (χ1) is 7.90. The van der Waals surface area contributed by atoms with Gasteiger partial charge in [0.15, 0.2) is 0 Å². The van der Waals surface area contributed by atoms with Crippen molar-refractivity contribution in [3.05, 3.63) is 30.0 Å². The van der Waals surface area contributed by atoms with Gasteiger partial charge >= 0.3 is 0 Å². The number of benzene rings is 1. The Morgan fingerprint density at radius 1 is 1.50 bits per heavy atom. The molecule has 2 heterocycles. The number of ether oxygens (including phenoxy) is 1. The fourth-order valence-corrected chi connectivity index (χ4v) is 2.31. The molecule has 0 spiro atoms. The maximum atomic E-state index is 5.79. The lowest BCUT2D eigenvalue weighted by molar-refractivity contribution is 0.0195. The summed E-state index contributed by atoms with van der Waals surface area (Å²) in [6, 6.07) is 8.24. The van der Waals surface area contributed by atoms with E-state index < -0.39 is 0 Å². The summed E-state index contributed by atoms with van der Waals surface area (Å²) < 4.78 is 7.87. The van der Waals surface area contributed by atoms with E-state index in [0.29, 0.717) is 0 Å². The van der Waals surface area contributed by atoms with E-state index >= 15 is 0 Å². The Morgan fingerprint density at radius 3 is 3.25 bits per heavy atom. The molecule has 1 aromatic carbocycles. The van der Waals surface area contributed by atoms with Crippen LogP contribution in [0.1, 0.15) is 11.8 Å². The normalized spacial score (nSPS) is 19.9. The molecular weight excluding hydrogens is 202 g/mol. The number of hydrogen-bond donors (Lipinski definition) is 1. The summed E-state index contributed by atoms with van der Waals surface area (Å²) in [6.07, 6.45) is 0.117. The number of fused-ring (bicyclic) bond motifs is 3. The van der Waals surface area contributed by atoms with Crippen molar-refractivity contribution < 1.29 is 4.74 Å². The fraction of sp³-hybridized carbons (Fsp3) is 0.417. The first-order valence-electron chi connectivity index (χ1n) is 5.62. The quantitative estimate of drug-likeness (QED) is 0.824. The van der Waals surface area contributed by atoms with Crippen molar-refractivity contribution >= 4 is 10.9 Å². The van der Waals surface area contributed by atoms with E-state index in [1.165, 1.54) is 11.1 Å². The van der Waals surface area contributed by atoms with E-state index in [1.807, 2.05) is 13.1 Å². The van der Waals surface area contributed by atoms with Gasteiger partial charge in [-0.05, 0) is 13.1 Å². The Labute approximate surface area is 94.2 Å². The van der Waals surface area contributed by atoms with Crippen molar-refractivity contribution in [2.45, 2.75) is 12.6 Å². The van der Waals surface area contributed by atoms with Gasteiger partial charge in [0.25, 0.3) is 0 Å². The van der Waals surface area contributed by atoms with Crippen LogP contribution < -0.4 is 5.32 Å². The molecule has 1 aromatic heterocycles. The predicted octanol–water partition coefficient (Wildman–Crippen LogP) is 1.33. The van der Waals surface area contributed by atoms with Gasteiger partial charge in [0.05, 0.1) is 24.4 Å². The Bertz CT molecular complexity index is 506. The third-order valence-corrected chi connectivity index (χ3v) is 3.00. The van der Waals surface area contributed by atoms with Gasteiger partial charge in [-0.3, -0.25) is 4.68 Å². The van der Waals surface area contributed by atoms with Crippen LogP contribution in [0.15, 0.2) is 24.3 Å². The van der Waals surface area contributed by atoms with Crippen LogP contribution in [-0.4, -0.2) is 30.0 Å². The molecular formula is C12H15N3O. The molecule has 84 valence electrons. The Morgan fingerprint density at radius 2 is 2.38 bits per heavy atom. The summed E-state index contributed by atoms with van der Waals surface area (Å²) in [6.45, 7) is 2.42. The lowest BCUT2D eigenvalue weighted by Crippen LogP contribution is -2.28. The molecule has 3 rings (SSSR count). The average Bonchev–Trinajstić information content (AvgIpc) is 2.68. The highest BCUT2D eigenvalue weighted by atomic mass is 16.5. The van der Waals surface area contributed by atoms with Crippen molar-refractivity contribution in [1.29, 1.82) is 0 Å². The van der Waals surface area contributed by atoms with Gasteiger partial charge in [-0.25, -0.2) is 0 Å². The van der Waals surface area contributed by atoms with Crippen LogP contribution in [0.5, 0.6) is 0 Å². The van der Waals surface area contributed by atoms with Crippen LogP contribution >= 0.6 is 0 Å². The maximum Gasteiger partial charge on any atom is 0.112 e. The molecule has 4 heteroatoms. The summed E-state index contributed by atoms with van der Waals surface area (Å²) >= 11 is 0. The largest absolute Gasteiger partial charge is 0.369 e. The second kappa shape index (κ2) is 3.88. The molecule has 0 saturated carbocycles. The van der Waals surface area contributed by atoms with Gasteiger partial charge in [0.2, 0.25) is 0 Å². The summed E-state index contributed by atoms with van der Waals surface area (Å²) in [7, 11) is 1.95. The van der Waals surface area contributed by atoms with Crippen LogP contribution in [0.25, 0.3) is 10.9 Å². The van der Waals surface area contributed by atoms with Crippen molar-refractivity contribution in [2.24, 2.45) is 0 Å². The smallest absolute Gasteiger partial charge is 0.112 e. The molecule has 1 N–H and O–H groups in total. The third-order valence-electron chi connectivity index (χ3n) is 3.00. The highest BCUT2D eigenvalue weighted by molar-refractivity contribution is 5.82. The Balaban J connectivity index is 2.16. The van der Waals surface area contributed by atoms with E-state index in [2.05, 4.69) is 33.3 Å². The van der Waals surface area contributed by atoms with Crippen LogP contribution in [0.3, 0.4) is 0 Å². The number of likely N-dealkylation sites (N-methyl/N-ethyl adjacent to an activating group) is 1. The summed E-state index contributed by atoms with van der Waals surface area (Å²) in [4.78, 5) is 0. The van der Waals surface area contributed by atoms with Crippen LogP contribution in [0, 0.1) is 0 Å². The lowest BCUT2D eigenvalue weighted by atomic mass is 10.1. The van der Waals surface area contributed by atoms with Crippen molar-refractivity contribution in [2.75, 3.05) is 20.2 Å². The highest BCUT2D eigenvalue weighted by Gasteiger charge is 2.24.